The fourth-order valence-electron chi connectivity index (χ4n) is 2.56. The first-order valence-electron chi connectivity index (χ1n) is 7.67. The van der Waals surface area contributed by atoms with Gasteiger partial charge in [0.05, 0.1) is 35.7 Å². The molecule has 0 saturated heterocycles. The molecular weight excluding hydrogens is 359 g/mol. The number of sulfone groups is 1. The van der Waals surface area contributed by atoms with Crippen molar-refractivity contribution in [3.05, 3.63) is 60.0 Å². The molecule has 0 amide bonds. The first kappa shape index (κ1) is 18.1. The van der Waals surface area contributed by atoms with Crippen molar-refractivity contribution in [3.63, 3.8) is 0 Å². The van der Waals surface area contributed by atoms with Gasteiger partial charge in [0.1, 0.15) is 0 Å². The van der Waals surface area contributed by atoms with Crippen LogP contribution >= 0.6 is 0 Å². The van der Waals surface area contributed by atoms with Gasteiger partial charge in [-0.3, -0.25) is 0 Å². The van der Waals surface area contributed by atoms with Crippen LogP contribution in [0.2, 0.25) is 0 Å². The zero-order valence-electron chi connectivity index (χ0n) is 14.2. The minimum atomic E-state index is -3.28. The molecule has 1 N–H and O–H groups in total. The van der Waals surface area contributed by atoms with Gasteiger partial charge in [0, 0.05) is 17.9 Å². The summed E-state index contributed by atoms with van der Waals surface area (Å²) in [6.07, 6.45) is 1.14. The summed E-state index contributed by atoms with van der Waals surface area (Å²) >= 11 is 0. The van der Waals surface area contributed by atoms with E-state index in [1.165, 1.54) is 36.1 Å². The Morgan fingerprint density at radius 2 is 1.85 bits per heavy atom. The standard InChI is InChI=1S/C18H17FN2O4S/c1-25-18-8-5-13(9-16(18)19)21-14(11-22)10-17(20-21)12-3-6-15(7-4-12)26(2,23)24/h3-10,22H,11H2,1-2H3. The summed E-state index contributed by atoms with van der Waals surface area (Å²) < 4.78 is 43.4. The van der Waals surface area contributed by atoms with Gasteiger partial charge in [-0.2, -0.15) is 5.10 Å². The second-order valence-electron chi connectivity index (χ2n) is 5.71. The maximum atomic E-state index is 14.0. The van der Waals surface area contributed by atoms with Gasteiger partial charge < -0.3 is 9.84 Å². The normalized spacial score (nSPS) is 11.5. The largest absolute Gasteiger partial charge is 0.494 e. The fraction of sp³-hybridized carbons (Fsp3) is 0.167. The molecule has 0 radical (unpaired) electrons. The first-order valence-corrected chi connectivity index (χ1v) is 9.57. The maximum absolute atomic E-state index is 14.0. The lowest BCUT2D eigenvalue weighted by Crippen LogP contribution is -2.03. The van der Waals surface area contributed by atoms with Crippen LogP contribution in [0.15, 0.2) is 53.4 Å². The van der Waals surface area contributed by atoms with Crippen LogP contribution in [0.5, 0.6) is 5.75 Å². The third-order valence-corrected chi connectivity index (χ3v) is 5.03. The molecule has 0 unspecified atom stereocenters. The Morgan fingerprint density at radius 1 is 1.15 bits per heavy atom. The average molecular weight is 376 g/mol. The van der Waals surface area contributed by atoms with Crippen LogP contribution in [0, 0.1) is 5.82 Å². The quantitative estimate of drug-likeness (QED) is 0.740. The minimum Gasteiger partial charge on any atom is -0.494 e. The number of benzene rings is 2. The molecule has 1 heterocycles. The Labute approximate surface area is 150 Å². The van der Waals surface area contributed by atoms with Crippen LogP contribution < -0.4 is 4.74 Å². The van der Waals surface area contributed by atoms with Gasteiger partial charge >= 0.3 is 0 Å². The van der Waals surface area contributed by atoms with Crippen LogP contribution in [0.4, 0.5) is 4.39 Å². The molecule has 0 aliphatic heterocycles. The van der Waals surface area contributed by atoms with E-state index >= 15 is 0 Å². The van der Waals surface area contributed by atoms with Gasteiger partial charge in [0.2, 0.25) is 0 Å². The number of methoxy groups -OCH3 is 1. The highest BCUT2D eigenvalue weighted by atomic mass is 32.2. The highest BCUT2D eigenvalue weighted by Gasteiger charge is 2.14. The molecule has 26 heavy (non-hydrogen) atoms. The molecule has 0 bridgehead atoms. The van der Waals surface area contributed by atoms with E-state index in [0.717, 1.165) is 6.26 Å². The summed E-state index contributed by atoms with van der Waals surface area (Å²) in [5.74, 6) is -0.425. The molecular formula is C18H17FN2O4S. The average Bonchev–Trinajstić information content (AvgIpc) is 3.05. The topological polar surface area (TPSA) is 81.4 Å². The number of halogens is 1. The van der Waals surface area contributed by atoms with Crippen LogP contribution in [-0.4, -0.2) is 36.7 Å². The van der Waals surface area contributed by atoms with Crippen molar-refractivity contribution in [2.75, 3.05) is 13.4 Å². The molecule has 0 aliphatic carbocycles. The molecule has 8 heteroatoms. The maximum Gasteiger partial charge on any atom is 0.175 e. The van der Waals surface area contributed by atoms with Gasteiger partial charge in [-0.05, 0) is 30.3 Å². The molecule has 2 aromatic carbocycles. The van der Waals surface area contributed by atoms with Crippen molar-refractivity contribution in [1.82, 2.24) is 9.78 Å². The molecule has 0 aliphatic rings. The van der Waals surface area contributed by atoms with E-state index in [9.17, 15) is 17.9 Å². The predicted molar refractivity (Wildman–Crippen MR) is 94.5 cm³/mol. The van der Waals surface area contributed by atoms with Crippen molar-refractivity contribution < 1.29 is 22.7 Å². The molecule has 6 nitrogen and oxygen atoms in total. The first-order chi connectivity index (χ1) is 12.3. The van der Waals surface area contributed by atoms with Gasteiger partial charge in [-0.15, -0.1) is 0 Å². The number of ether oxygens (including phenoxy) is 1. The van der Waals surface area contributed by atoms with Crippen LogP contribution in [-0.2, 0) is 16.4 Å². The molecule has 0 fully saturated rings. The highest BCUT2D eigenvalue weighted by molar-refractivity contribution is 7.90. The summed E-state index contributed by atoms with van der Waals surface area (Å²) in [4.78, 5) is 0.209. The van der Waals surface area contributed by atoms with Crippen molar-refractivity contribution in [1.29, 1.82) is 0 Å². The van der Waals surface area contributed by atoms with Crippen molar-refractivity contribution >= 4 is 9.84 Å². The summed E-state index contributed by atoms with van der Waals surface area (Å²) in [5.41, 5.74) is 2.12. The zero-order chi connectivity index (χ0) is 18.9. The van der Waals surface area contributed by atoms with Crippen molar-refractivity contribution in [2.24, 2.45) is 0 Å². The van der Waals surface area contributed by atoms with Crippen LogP contribution in [0.1, 0.15) is 5.69 Å². The number of aliphatic hydroxyl groups excluding tert-OH is 1. The lowest BCUT2D eigenvalue weighted by Gasteiger charge is -2.07. The number of hydrogen-bond donors (Lipinski definition) is 1. The fourth-order valence-corrected chi connectivity index (χ4v) is 3.19. The smallest absolute Gasteiger partial charge is 0.175 e. The molecule has 3 aromatic rings. The highest BCUT2D eigenvalue weighted by Crippen LogP contribution is 2.25. The Balaban J connectivity index is 2.03. The van der Waals surface area contributed by atoms with E-state index in [-0.39, 0.29) is 17.3 Å². The van der Waals surface area contributed by atoms with Crippen LogP contribution in [0.25, 0.3) is 16.9 Å². The molecule has 0 saturated carbocycles. The van der Waals surface area contributed by atoms with Gasteiger partial charge in [-0.1, -0.05) is 12.1 Å². The third kappa shape index (κ3) is 3.47. The Kier molecular flexibility index (Phi) is 4.80. The SMILES string of the molecule is COc1ccc(-n2nc(-c3ccc(S(C)(=O)=O)cc3)cc2CO)cc1F. The summed E-state index contributed by atoms with van der Waals surface area (Å²) in [7, 11) is -1.90. The Morgan fingerprint density at radius 3 is 2.38 bits per heavy atom. The monoisotopic (exact) mass is 376 g/mol. The Hall–Kier alpha value is -2.71. The number of rotatable bonds is 5. The molecule has 1 aromatic heterocycles. The molecule has 136 valence electrons. The number of nitrogens with zero attached hydrogens (tertiary/aromatic N) is 2. The van der Waals surface area contributed by atoms with E-state index in [0.29, 0.717) is 22.6 Å². The van der Waals surface area contributed by atoms with Gasteiger partial charge in [0.15, 0.2) is 21.4 Å². The van der Waals surface area contributed by atoms with Crippen molar-refractivity contribution in [3.8, 4) is 22.7 Å². The summed E-state index contributed by atoms with van der Waals surface area (Å²) in [6.45, 7) is -0.290. The van der Waals surface area contributed by atoms with E-state index in [4.69, 9.17) is 4.74 Å². The predicted octanol–water partition coefficient (Wildman–Crippen LogP) is 2.58. The molecule has 0 atom stereocenters. The second-order valence-corrected chi connectivity index (χ2v) is 7.72. The van der Waals surface area contributed by atoms with Crippen LogP contribution in [0.3, 0.4) is 0 Å². The number of aliphatic hydroxyl groups is 1. The number of aromatic nitrogens is 2. The van der Waals surface area contributed by atoms with E-state index in [1.54, 1.807) is 24.3 Å². The second kappa shape index (κ2) is 6.89. The zero-order valence-corrected chi connectivity index (χ0v) is 15.0. The van der Waals surface area contributed by atoms with Gasteiger partial charge in [-0.25, -0.2) is 17.5 Å². The summed E-state index contributed by atoms with van der Waals surface area (Å²) in [5, 5.41) is 14.0. The Bertz CT molecular complexity index is 1040. The van der Waals surface area contributed by atoms with E-state index in [1.807, 2.05) is 0 Å². The summed E-state index contributed by atoms with van der Waals surface area (Å²) in [6, 6.07) is 12.3. The lowest BCUT2D eigenvalue weighted by atomic mass is 10.1. The number of hydrogen-bond acceptors (Lipinski definition) is 5. The van der Waals surface area contributed by atoms with Gasteiger partial charge in [0.25, 0.3) is 0 Å². The lowest BCUT2D eigenvalue weighted by molar-refractivity contribution is 0.273. The minimum absolute atomic E-state index is 0.114. The van der Waals surface area contributed by atoms with E-state index < -0.39 is 15.7 Å². The molecule has 0 spiro atoms. The third-order valence-electron chi connectivity index (χ3n) is 3.90. The molecule has 3 rings (SSSR count). The van der Waals surface area contributed by atoms with Crippen molar-refractivity contribution in [2.45, 2.75) is 11.5 Å². The van der Waals surface area contributed by atoms with E-state index in [2.05, 4.69) is 5.10 Å².